The maximum Gasteiger partial charge on any atom is 0.242 e. The Labute approximate surface area is 191 Å². The number of carbonyl (C=O) groups excluding carboxylic acids is 2. The highest BCUT2D eigenvalue weighted by molar-refractivity contribution is 7.10. The fraction of sp³-hybridized carbons (Fsp3) is 0.478. The number of ether oxygens (including phenoxy) is 2. The summed E-state index contributed by atoms with van der Waals surface area (Å²) in [6.45, 7) is 1.91. The van der Waals surface area contributed by atoms with Crippen LogP contribution in [0, 0.1) is 5.92 Å². The molecule has 0 saturated heterocycles. The van der Waals surface area contributed by atoms with E-state index in [2.05, 4.69) is 11.4 Å². The van der Waals surface area contributed by atoms with Gasteiger partial charge in [-0.1, -0.05) is 11.6 Å². The molecule has 1 aliphatic carbocycles. The van der Waals surface area contributed by atoms with Crippen molar-refractivity contribution in [3.05, 3.63) is 51.2 Å². The molecular formula is C23H27ClN2O4S. The van der Waals surface area contributed by atoms with Crippen LogP contribution in [0.25, 0.3) is 0 Å². The maximum atomic E-state index is 13.3. The van der Waals surface area contributed by atoms with Crippen LogP contribution in [-0.4, -0.2) is 61.6 Å². The van der Waals surface area contributed by atoms with Gasteiger partial charge in [0.25, 0.3) is 0 Å². The molecule has 0 radical (unpaired) electrons. The van der Waals surface area contributed by atoms with E-state index < -0.39 is 0 Å². The summed E-state index contributed by atoms with van der Waals surface area (Å²) in [4.78, 5) is 30.8. The maximum absolute atomic E-state index is 13.3. The van der Waals surface area contributed by atoms with Gasteiger partial charge in [0.1, 0.15) is 12.4 Å². The van der Waals surface area contributed by atoms with Crippen LogP contribution in [-0.2, 0) is 20.7 Å². The second kappa shape index (κ2) is 10.0. The van der Waals surface area contributed by atoms with Gasteiger partial charge in [-0.15, -0.1) is 11.3 Å². The quantitative estimate of drug-likeness (QED) is 0.569. The van der Waals surface area contributed by atoms with E-state index in [0.29, 0.717) is 37.1 Å². The first kappa shape index (κ1) is 22.1. The summed E-state index contributed by atoms with van der Waals surface area (Å²) in [7, 11) is 1.61. The molecule has 2 heterocycles. The van der Waals surface area contributed by atoms with Crippen LogP contribution in [0.15, 0.2) is 35.7 Å². The molecule has 0 spiro atoms. The summed E-state index contributed by atoms with van der Waals surface area (Å²) in [5, 5.41) is 2.72. The van der Waals surface area contributed by atoms with Crippen molar-refractivity contribution in [2.24, 2.45) is 5.92 Å². The van der Waals surface area contributed by atoms with Crippen LogP contribution in [0.1, 0.15) is 29.3 Å². The lowest BCUT2D eigenvalue weighted by Gasteiger charge is -2.37. The summed E-state index contributed by atoms with van der Waals surface area (Å²) < 4.78 is 11.2. The van der Waals surface area contributed by atoms with Crippen molar-refractivity contribution in [3.63, 3.8) is 0 Å². The van der Waals surface area contributed by atoms with Crippen molar-refractivity contribution < 1.29 is 19.1 Å². The van der Waals surface area contributed by atoms with E-state index >= 15 is 0 Å². The lowest BCUT2D eigenvalue weighted by Crippen LogP contribution is -2.48. The Hall–Kier alpha value is -2.09. The van der Waals surface area contributed by atoms with Crippen molar-refractivity contribution in [1.29, 1.82) is 0 Å². The van der Waals surface area contributed by atoms with Crippen LogP contribution in [0.4, 0.5) is 0 Å². The van der Waals surface area contributed by atoms with Gasteiger partial charge < -0.3 is 19.3 Å². The first-order chi connectivity index (χ1) is 15.1. The monoisotopic (exact) mass is 462 g/mol. The molecule has 6 nitrogen and oxygen atoms in total. The zero-order valence-corrected chi connectivity index (χ0v) is 19.2. The number of nitrogens with zero attached hydrogens (tertiary/aromatic N) is 2. The smallest absolute Gasteiger partial charge is 0.242 e. The van der Waals surface area contributed by atoms with Crippen LogP contribution in [0.2, 0.25) is 5.02 Å². The highest BCUT2D eigenvalue weighted by Crippen LogP contribution is 2.35. The summed E-state index contributed by atoms with van der Waals surface area (Å²) in [6, 6.07) is 9.12. The molecule has 166 valence electrons. The standard InChI is InChI=1S/C23H27ClN2O4S/c1-29-12-11-25(23(28)16-2-3-16)14-22(27)26-10-8-21-19(9-13-31-21)20(26)15-30-18-6-4-17(24)5-7-18/h4-7,9,13,16,20H,2-3,8,10-12,14-15H2,1H3/t20-/m0/s1. The second-order valence-corrected chi connectivity index (χ2v) is 9.38. The number of carbonyl (C=O) groups is 2. The minimum absolute atomic E-state index is 0.0494. The van der Waals surface area contributed by atoms with Gasteiger partial charge >= 0.3 is 0 Å². The molecule has 8 heteroatoms. The van der Waals surface area contributed by atoms with Crippen LogP contribution in [0.3, 0.4) is 0 Å². The average molecular weight is 463 g/mol. The fourth-order valence-electron chi connectivity index (χ4n) is 3.89. The Morgan fingerprint density at radius 2 is 2.00 bits per heavy atom. The highest BCUT2D eigenvalue weighted by Gasteiger charge is 2.37. The van der Waals surface area contributed by atoms with E-state index in [1.165, 1.54) is 4.88 Å². The number of fused-ring (bicyclic) bond motifs is 1. The van der Waals surface area contributed by atoms with Gasteiger partial charge in [-0.25, -0.2) is 0 Å². The van der Waals surface area contributed by atoms with E-state index in [0.717, 1.165) is 24.8 Å². The van der Waals surface area contributed by atoms with Gasteiger partial charge in [-0.05, 0) is 60.5 Å². The zero-order chi connectivity index (χ0) is 21.8. The minimum Gasteiger partial charge on any atom is -0.491 e. The average Bonchev–Trinajstić information content (AvgIpc) is 3.52. The molecule has 0 bridgehead atoms. The number of benzene rings is 1. The number of thiophene rings is 1. The molecule has 0 N–H and O–H groups in total. The Bertz CT molecular complexity index is 913. The van der Waals surface area contributed by atoms with E-state index in [-0.39, 0.29) is 30.3 Å². The molecule has 2 amide bonds. The third kappa shape index (κ3) is 5.40. The predicted molar refractivity (Wildman–Crippen MR) is 121 cm³/mol. The van der Waals surface area contributed by atoms with Crippen molar-refractivity contribution >= 4 is 34.8 Å². The number of halogens is 1. The third-order valence-electron chi connectivity index (χ3n) is 5.77. The number of hydrogen-bond acceptors (Lipinski definition) is 5. The summed E-state index contributed by atoms with van der Waals surface area (Å²) in [6.07, 6.45) is 2.65. The predicted octanol–water partition coefficient (Wildman–Crippen LogP) is 3.79. The second-order valence-electron chi connectivity index (χ2n) is 7.94. The van der Waals surface area contributed by atoms with Gasteiger partial charge in [0, 0.05) is 36.0 Å². The molecule has 1 saturated carbocycles. The zero-order valence-electron chi connectivity index (χ0n) is 17.6. The van der Waals surface area contributed by atoms with Gasteiger partial charge in [0.15, 0.2) is 0 Å². The third-order valence-corrected chi connectivity index (χ3v) is 7.01. The summed E-state index contributed by atoms with van der Waals surface area (Å²) >= 11 is 7.68. The molecule has 1 fully saturated rings. The van der Waals surface area contributed by atoms with Gasteiger partial charge in [-0.2, -0.15) is 0 Å². The first-order valence-electron chi connectivity index (χ1n) is 10.6. The largest absolute Gasteiger partial charge is 0.491 e. The van der Waals surface area contributed by atoms with E-state index in [4.69, 9.17) is 21.1 Å². The Kier molecular flexibility index (Phi) is 7.15. The molecule has 1 aromatic heterocycles. The van der Waals surface area contributed by atoms with Crippen LogP contribution in [0.5, 0.6) is 5.75 Å². The van der Waals surface area contributed by atoms with E-state index in [1.54, 1.807) is 35.5 Å². The van der Waals surface area contributed by atoms with Gasteiger partial charge in [0.2, 0.25) is 11.8 Å². The topological polar surface area (TPSA) is 59.1 Å². The van der Waals surface area contributed by atoms with Crippen molar-refractivity contribution in [1.82, 2.24) is 9.80 Å². The summed E-state index contributed by atoms with van der Waals surface area (Å²) in [5.74, 6) is 0.794. The first-order valence-corrected chi connectivity index (χ1v) is 11.8. The minimum atomic E-state index is -0.182. The number of rotatable bonds is 9. The van der Waals surface area contributed by atoms with Crippen molar-refractivity contribution in [2.45, 2.75) is 25.3 Å². The molecule has 1 atom stereocenters. The Morgan fingerprint density at radius 3 is 2.71 bits per heavy atom. The van der Waals surface area contributed by atoms with Crippen molar-refractivity contribution in [2.75, 3.05) is 40.0 Å². The van der Waals surface area contributed by atoms with Gasteiger partial charge in [0.05, 0.1) is 19.2 Å². The molecule has 4 rings (SSSR count). The lowest BCUT2D eigenvalue weighted by atomic mass is 10.0. The number of amides is 2. The molecular weight excluding hydrogens is 436 g/mol. The van der Waals surface area contributed by atoms with E-state index in [9.17, 15) is 9.59 Å². The molecule has 1 aromatic carbocycles. The van der Waals surface area contributed by atoms with Gasteiger partial charge in [-0.3, -0.25) is 9.59 Å². The molecule has 1 aliphatic heterocycles. The van der Waals surface area contributed by atoms with Crippen LogP contribution >= 0.6 is 22.9 Å². The molecule has 2 aliphatic rings. The fourth-order valence-corrected chi connectivity index (χ4v) is 4.95. The number of hydrogen-bond donors (Lipinski definition) is 0. The Balaban J connectivity index is 1.48. The highest BCUT2D eigenvalue weighted by atomic mass is 35.5. The molecule has 0 unspecified atom stereocenters. The summed E-state index contributed by atoms with van der Waals surface area (Å²) in [5.41, 5.74) is 1.13. The normalized spacial score (nSPS) is 17.9. The van der Waals surface area contributed by atoms with E-state index in [1.807, 2.05) is 17.0 Å². The number of methoxy groups -OCH3 is 1. The molecule has 2 aromatic rings. The molecule has 31 heavy (non-hydrogen) atoms. The lowest BCUT2D eigenvalue weighted by molar-refractivity contribution is -0.143. The Morgan fingerprint density at radius 1 is 1.23 bits per heavy atom. The van der Waals surface area contributed by atoms with Crippen molar-refractivity contribution in [3.8, 4) is 5.75 Å². The SMILES string of the molecule is COCCN(CC(=O)N1CCc2sccc2[C@@H]1COc1ccc(Cl)cc1)C(=O)C1CC1. The van der Waals surface area contributed by atoms with Crippen LogP contribution < -0.4 is 4.74 Å².